The van der Waals surface area contributed by atoms with Gasteiger partial charge in [0, 0.05) is 36.1 Å². The maximum atomic E-state index is 12.3. The van der Waals surface area contributed by atoms with E-state index >= 15 is 0 Å². The van der Waals surface area contributed by atoms with Gasteiger partial charge in [-0.1, -0.05) is 5.92 Å². The molecule has 1 amide bonds. The van der Waals surface area contributed by atoms with Crippen LogP contribution in [0.2, 0.25) is 0 Å². The van der Waals surface area contributed by atoms with E-state index in [0.29, 0.717) is 23.7 Å². The Bertz CT molecular complexity index is 842. The predicted octanol–water partition coefficient (Wildman–Crippen LogP) is 2.93. The first-order valence-corrected chi connectivity index (χ1v) is 8.08. The summed E-state index contributed by atoms with van der Waals surface area (Å²) in [4.78, 5) is 20.6. The van der Waals surface area contributed by atoms with Gasteiger partial charge < -0.3 is 15.4 Å². The van der Waals surface area contributed by atoms with Crippen LogP contribution in [0.1, 0.15) is 37.0 Å². The number of rotatable bonds is 2. The summed E-state index contributed by atoms with van der Waals surface area (Å²) in [5.41, 5.74) is 1.83. The van der Waals surface area contributed by atoms with Gasteiger partial charge in [-0.3, -0.25) is 4.79 Å². The molecule has 0 spiro atoms. The number of nitrogens with zero attached hydrogens (tertiary/aromatic N) is 2. The van der Waals surface area contributed by atoms with E-state index in [0.717, 1.165) is 18.0 Å². The van der Waals surface area contributed by atoms with Crippen LogP contribution in [0.3, 0.4) is 0 Å². The minimum absolute atomic E-state index is 0.122. The van der Waals surface area contributed by atoms with Crippen molar-refractivity contribution in [1.82, 2.24) is 9.97 Å². The van der Waals surface area contributed by atoms with Gasteiger partial charge >= 0.3 is 0 Å². The van der Waals surface area contributed by atoms with Crippen molar-refractivity contribution in [2.75, 3.05) is 23.8 Å². The first-order chi connectivity index (χ1) is 11.9. The molecule has 3 rings (SSSR count). The molecule has 1 aliphatic heterocycles. The van der Waals surface area contributed by atoms with Crippen LogP contribution in [0.5, 0.6) is 5.75 Å². The SMILES string of the molecule is CC(C)(C)C#Cc1ncc(C(=O)Nc2ccc3c(c2)OCCN3)cn1. The number of aromatic nitrogens is 2. The van der Waals surface area contributed by atoms with Gasteiger partial charge in [0.2, 0.25) is 5.82 Å². The smallest absolute Gasteiger partial charge is 0.258 e. The summed E-state index contributed by atoms with van der Waals surface area (Å²) in [6, 6.07) is 5.50. The van der Waals surface area contributed by atoms with Gasteiger partial charge in [0.1, 0.15) is 12.4 Å². The van der Waals surface area contributed by atoms with E-state index in [4.69, 9.17) is 4.74 Å². The lowest BCUT2D eigenvalue weighted by molar-refractivity contribution is 0.102. The van der Waals surface area contributed by atoms with Gasteiger partial charge in [0.15, 0.2) is 0 Å². The highest BCUT2D eigenvalue weighted by Crippen LogP contribution is 2.30. The van der Waals surface area contributed by atoms with Crippen molar-refractivity contribution in [2.24, 2.45) is 5.41 Å². The molecule has 0 atom stereocenters. The van der Waals surface area contributed by atoms with Crippen LogP contribution in [0.15, 0.2) is 30.6 Å². The molecule has 2 N–H and O–H groups in total. The lowest BCUT2D eigenvalue weighted by Crippen LogP contribution is -2.18. The first-order valence-electron chi connectivity index (χ1n) is 8.08. The average Bonchev–Trinajstić information content (AvgIpc) is 2.59. The summed E-state index contributed by atoms with van der Waals surface area (Å²) >= 11 is 0. The highest BCUT2D eigenvalue weighted by Gasteiger charge is 2.12. The summed E-state index contributed by atoms with van der Waals surface area (Å²) in [6.07, 6.45) is 2.96. The molecule has 1 aliphatic rings. The number of ether oxygens (including phenoxy) is 1. The number of fused-ring (bicyclic) bond motifs is 1. The van der Waals surface area contributed by atoms with Gasteiger partial charge in [-0.15, -0.1) is 0 Å². The van der Waals surface area contributed by atoms with Crippen LogP contribution < -0.4 is 15.4 Å². The first kappa shape index (κ1) is 16.8. The summed E-state index contributed by atoms with van der Waals surface area (Å²) in [5, 5.41) is 6.05. The molecule has 0 radical (unpaired) electrons. The van der Waals surface area contributed by atoms with Gasteiger partial charge in [0.05, 0.1) is 11.3 Å². The van der Waals surface area contributed by atoms with E-state index < -0.39 is 0 Å². The lowest BCUT2D eigenvalue weighted by atomic mass is 9.98. The van der Waals surface area contributed by atoms with Gasteiger partial charge in [0.25, 0.3) is 5.91 Å². The summed E-state index contributed by atoms with van der Waals surface area (Å²) < 4.78 is 5.57. The Hall–Kier alpha value is -3.07. The zero-order valence-corrected chi connectivity index (χ0v) is 14.5. The quantitative estimate of drug-likeness (QED) is 0.825. The molecule has 1 aromatic heterocycles. The van der Waals surface area contributed by atoms with Crippen molar-refractivity contribution in [1.29, 1.82) is 0 Å². The Balaban J connectivity index is 1.70. The minimum Gasteiger partial charge on any atom is -0.490 e. The van der Waals surface area contributed by atoms with Crippen LogP contribution in [-0.4, -0.2) is 29.0 Å². The highest BCUT2D eigenvalue weighted by atomic mass is 16.5. The Morgan fingerprint density at radius 2 is 2.04 bits per heavy atom. The molecule has 1 aromatic carbocycles. The number of carbonyl (C=O) groups excluding carboxylic acids is 1. The van der Waals surface area contributed by atoms with Crippen molar-refractivity contribution in [3.63, 3.8) is 0 Å². The summed E-state index contributed by atoms with van der Waals surface area (Å²) in [7, 11) is 0. The molecule has 0 saturated carbocycles. The van der Waals surface area contributed by atoms with Crippen LogP contribution in [0, 0.1) is 17.3 Å². The summed E-state index contributed by atoms with van der Waals surface area (Å²) in [6.45, 7) is 7.43. The number of hydrogen-bond donors (Lipinski definition) is 2. The standard InChI is InChI=1S/C19H20N4O2/c1-19(2,3)7-6-17-21-11-13(12-22-17)18(24)23-14-4-5-15-16(10-14)25-9-8-20-15/h4-5,10-12,20H,8-9H2,1-3H3,(H,23,24). The molecule has 6 nitrogen and oxygen atoms in total. The molecule has 0 unspecified atom stereocenters. The molecule has 0 fully saturated rings. The van der Waals surface area contributed by atoms with Crippen molar-refractivity contribution < 1.29 is 9.53 Å². The van der Waals surface area contributed by atoms with Crippen LogP contribution in [-0.2, 0) is 0 Å². The van der Waals surface area contributed by atoms with Crippen LogP contribution >= 0.6 is 0 Å². The third kappa shape index (κ3) is 4.48. The third-order valence-electron chi connectivity index (χ3n) is 3.38. The highest BCUT2D eigenvalue weighted by molar-refractivity contribution is 6.04. The Morgan fingerprint density at radius 1 is 1.28 bits per heavy atom. The number of amides is 1. The second-order valence-electron chi connectivity index (χ2n) is 6.74. The Kier molecular flexibility index (Phi) is 4.57. The zero-order valence-electron chi connectivity index (χ0n) is 14.5. The van der Waals surface area contributed by atoms with Crippen LogP contribution in [0.25, 0.3) is 0 Å². The van der Waals surface area contributed by atoms with Crippen molar-refractivity contribution in [2.45, 2.75) is 20.8 Å². The number of carbonyl (C=O) groups is 1. The van der Waals surface area contributed by atoms with E-state index in [-0.39, 0.29) is 11.3 Å². The van der Waals surface area contributed by atoms with Gasteiger partial charge in [-0.2, -0.15) is 0 Å². The fraction of sp³-hybridized carbons (Fsp3) is 0.316. The summed E-state index contributed by atoms with van der Waals surface area (Å²) in [5.74, 6) is 6.82. The van der Waals surface area contributed by atoms with Gasteiger partial charge in [-0.25, -0.2) is 9.97 Å². The molecule has 0 bridgehead atoms. The predicted molar refractivity (Wildman–Crippen MR) is 96.7 cm³/mol. The van der Waals surface area contributed by atoms with E-state index in [1.54, 1.807) is 6.07 Å². The monoisotopic (exact) mass is 336 g/mol. The molecule has 0 saturated heterocycles. The average molecular weight is 336 g/mol. The topological polar surface area (TPSA) is 76.1 Å². The zero-order chi connectivity index (χ0) is 17.9. The fourth-order valence-corrected chi connectivity index (χ4v) is 2.17. The van der Waals surface area contributed by atoms with E-state index in [1.807, 2.05) is 32.9 Å². The minimum atomic E-state index is -0.279. The normalized spacial score (nSPS) is 12.8. The third-order valence-corrected chi connectivity index (χ3v) is 3.38. The van der Waals surface area contributed by atoms with E-state index in [9.17, 15) is 4.79 Å². The van der Waals surface area contributed by atoms with Gasteiger partial charge in [-0.05, 0) is 38.8 Å². The number of anilines is 2. The molecule has 25 heavy (non-hydrogen) atoms. The van der Waals surface area contributed by atoms with E-state index in [2.05, 4.69) is 32.4 Å². The number of nitrogens with one attached hydrogen (secondary N) is 2. The number of benzene rings is 1. The molecule has 0 aliphatic carbocycles. The molecule has 6 heteroatoms. The molecular formula is C19H20N4O2. The number of hydrogen-bond acceptors (Lipinski definition) is 5. The molecule has 2 heterocycles. The largest absolute Gasteiger partial charge is 0.490 e. The molecular weight excluding hydrogens is 316 g/mol. The Morgan fingerprint density at radius 3 is 2.76 bits per heavy atom. The molecule has 2 aromatic rings. The lowest BCUT2D eigenvalue weighted by Gasteiger charge is -2.19. The van der Waals surface area contributed by atoms with Crippen molar-refractivity contribution in [3.8, 4) is 17.6 Å². The Labute approximate surface area is 147 Å². The second kappa shape index (κ2) is 6.81. The van der Waals surface area contributed by atoms with Crippen LogP contribution in [0.4, 0.5) is 11.4 Å². The fourth-order valence-electron chi connectivity index (χ4n) is 2.17. The van der Waals surface area contributed by atoms with Crippen molar-refractivity contribution in [3.05, 3.63) is 42.0 Å². The second-order valence-corrected chi connectivity index (χ2v) is 6.74. The maximum Gasteiger partial charge on any atom is 0.258 e. The molecule has 128 valence electrons. The van der Waals surface area contributed by atoms with E-state index in [1.165, 1.54) is 12.4 Å². The van der Waals surface area contributed by atoms with Crippen molar-refractivity contribution >= 4 is 17.3 Å². The maximum absolute atomic E-state index is 12.3.